The van der Waals surface area contributed by atoms with Gasteiger partial charge in [-0.25, -0.2) is 18.4 Å². The molecule has 0 aliphatic heterocycles. The van der Waals surface area contributed by atoms with Crippen LogP contribution in [-0.2, 0) is 14.6 Å². The summed E-state index contributed by atoms with van der Waals surface area (Å²) in [5.74, 6) is 0.324. The number of ether oxygens (including phenoxy) is 1. The summed E-state index contributed by atoms with van der Waals surface area (Å²) in [7, 11) is -1.83. The highest BCUT2D eigenvalue weighted by atomic mass is 79.9. The van der Waals surface area contributed by atoms with Gasteiger partial charge >= 0.3 is 0 Å². The second kappa shape index (κ2) is 9.20. The predicted octanol–water partition coefficient (Wildman–Crippen LogP) is 4.27. The molecular formula is C17H19BrN4O4S3. The van der Waals surface area contributed by atoms with Crippen molar-refractivity contribution in [3.05, 3.63) is 29.3 Å². The van der Waals surface area contributed by atoms with Crippen molar-refractivity contribution in [2.24, 2.45) is 0 Å². The molecule has 0 aliphatic carbocycles. The van der Waals surface area contributed by atoms with Crippen LogP contribution < -0.4 is 15.4 Å². The Morgan fingerprint density at radius 3 is 2.55 bits per heavy atom. The fourth-order valence-electron chi connectivity index (χ4n) is 2.40. The minimum Gasteiger partial charge on any atom is -0.495 e. The number of hydrogen-bond acceptors (Lipinski definition) is 9. The number of methoxy groups -OCH3 is 1. The quantitative estimate of drug-likeness (QED) is 0.501. The van der Waals surface area contributed by atoms with E-state index in [0.29, 0.717) is 21.7 Å². The van der Waals surface area contributed by atoms with Crippen LogP contribution in [-0.4, -0.2) is 37.7 Å². The molecule has 2 heterocycles. The van der Waals surface area contributed by atoms with Crippen molar-refractivity contribution in [3.63, 3.8) is 0 Å². The van der Waals surface area contributed by atoms with E-state index in [9.17, 15) is 13.2 Å². The van der Waals surface area contributed by atoms with E-state index in [0.717, 1.165) is 22.5 Å². The fourth-order valence-corrected chi connectivity index (χ4v) is 4.81. The van der Waals surface area contributed by atoms with Crippen LogP contribution in [0.2, 0.25) is 0 Å². The third-order valence-electron chi connectivity index (χ3n) is 3.66. The third-order valence-corrected chi connectivity index (χ3v) is 6.62. The maximum Gasteiger partial charge on any atom is 0.223 e. The molecule has 0 atom stereocenters. The first-order valence-corrected chi connectivity index (χ1v) is 11.6. The number of nitrogens with zero attached hydrogens (tertiary/aromatic N) is 2. The van der Waals surface area contributed by atoms with Gasteiger partial charge in [0.1, 0.15) is 5.75 Å². The molecule has 1 amide bonds. The highest BCUT2D eigenvalue weighted by Gasteiger charge is 2.16. The van der Waals surface area contributed by atoms with Crippen LogP contribution in [0.4, 0.5) is 16.0 Å². The minimum atomic E-state index is -3.35. The maximum atomic E-state index is 11.8. The van der Waals surface area contributed by atoms with Gasteiger partial charge in [0.05, 0.1) is 34.0 Å². The van der Waals surface area contributed by atoms with Crippen LogP contribution in [0, 0.1) is 6.92 Å². The number of thiazole rings is 2. The molecular weight excluding hydrogens is 500 g/mol. The highest BCUT2D eigenvalue weighted by molar-refractivity contribution is 8.93. The average Bonchev–Trinajstić information content (AvgIpc) is 3.19. The number of hydrogen-bond donors (Lipinski definition) is 2. The van der Waals surface area contributed by atoms with Crippen molar-refractivity contribution in [1.29, 1.82) is 0 Å². The maximum absolute atomic E-state index is 11.8. The van der Waals surface area contributed by atoms with Gasteiger partial charge in [0.25, 0.3) is 0 Å². The topological polar surface area (TPSA) is 110 Å². The molecule has 0 radical (unpaired) electrons. The van der Waals surface area contributed by atoms with E-state index in [4.69, 9.17) is 4.74 Å². The molecule has 0 spiro atoms. The summed E-state index contributed by atoms with van der Waals surface area (Å²) in [5.41, 5.74) is 1.99. The number of anilines is 3. The molecule has 29 heavy (non-hydrogen) atoms. The molecule has 0 bridgehead atoms. The molecule has 0 saturated heterocycles. The Balaban J connectivity index is 0.00000300. The van der Waals surface area contributed by atoms with Gasteiger partial charge in [0.15, 0.2) is 20.1 Å². The van der Waals surface area contributed by atoms with E-state index >= 15 is 0 Å². The normalized spacial score (nSPS) is 10.9. The summed E-state index contributed by atoms with van der Waals surface area (Å²) in [6.45, 7) is 3.28. The van der Waals surface area contributed by atoms with Crippen molar-refractivity contribution >= 4 is 71.3 Å². The van der Waals surface area contributed by atoms with E-state index in [1.165, 1.54) is 48.8 Å². The average molecular weight is 519 g/mol. The van der Waals surface area contributed by atoms with Crippen molar-refractivity contribution in [1.82, 2.24) is 9.97 Å². The number of benzene rings is 1. The molecule has 3 rings (SSSR count). The van der Waals surface area contributed by atoms with Crippen LogP contribution in [0.25, 0.3) is 10.6 Å². The number of halogens is 1. The second-order valence-electron chi connectivity index (χ2n) is 5.91. The van der Waals surface area contributed by atoms with Gasteiger partial charge in [-0.3, -0.25) is 4.79 Å². The van der Waals surface area contributed by atoms with Gasteiger partial charge in [-0.05, 0) is 25.1 Å². The first-order valence-electron chi connectivity index (χ1n) is 8.03. The van der Waals surface area contributed by atoms with Gasteiger partial charge in [-0.2, -0.15) is 0 Å². The molecule has 2 N–H and O–H groups in total. The Kier molecular flexibility index (Phi) is 7.38. The summed E-state index contributed by atoms with van der Waals surface area (Å²) in [5, 5.41) is 8.75. The molecule has 2 aromatic heterocycles. The Morgan fingerprint density at radius 2 is 1.93 bits per heavy atom. The van der Waals surface area contributed by atoms with E-state index < -0.39 is 9.84 Å². The summed E-state index contributed by atoms with van der Waals surface area (Å²) in [6, 6.07) is 4.61. The van der Waals surface area contributed by atoms with Gasteiger partial charge in [0, 0.05) is 18.6 Å². The zero-order valence-corrected chi connectivity index (χ0v) is 20.1. The van der Waals surface area contributed by atoms with E-state index in [1.807, 2.05) is 12.3 Å². The summed E-state index contributed by atoms with van der Waals surface area (Å²) in [6.07, 6.45) is 1.15. The molecule has 0 unspecified atom stereocenters. The van der Waals surface area contributed by atoms with Gasteiger partial charge in [0.2, 0.25) is 5.91 Å². The highest BCUT2D eigenvalue weighted by Crippen LogP contribution is 2.36. The molecule has 3 aromatic rings. The largest absolute Gasteiger partial charge is 0.495 e. The number of nitrogens with one attached hydrogen (secondary N) is 2. The van der Waals surface area contributed by atoms with Crippen molar-refractivity contribution in [2.45, 2.75) is 18.7 Å². The lowest BCUT2D eigenvalue weighted by Gasteiger charge is -2.10. The smallest absolute Gasteiger partial charge is 0.223 e. The zero-order valence-electron chi connectivity index (χ0n) is 16.0. The lowest BCUT2D eigenvalue weighted by Crippen LogP contribution is -2.04. The van der Waals surface area contributed by atoms with Crippen molar-refractivity contribution in [3.8, 4) is 16.3 Å². The van der Waals surface area contributed by atoms with E-state index in [1.54, 1.807) is 6.07 Å². The molecule has 1 aromatic carbocycles. The lowest BCUT2D eigenvalue weighted by molar-refractivity contribution is -0.114. The number of carbonyl (C=O) groups is 1. The predicted molar refractivity (Wildman–Crippen MR) is 122 cm³/mol. The molecule has 0 fully saturated rings. The first-order chi connectivity index (χ1) is 13.2. The lowest BCUT2D eigenvalue weighted by atomic mass is 10.3. The number of aromatic nitrogens is 2. The summed E-state index contributed by atoms with van der Waals surface area (Å²) < 4.78 is 29.0. The van der Waals surface area contributed by atoms with E-state index in [2.05, 4.69) is 20.6 Å². The summed E-state index contributed by atoms with van der Waals surface area (Å²) in [4.78, 5) is 21.1. The third kappa shape index (κ3) is 5.53. The number of sulfone groups is 1. The number of carbonyl (C=O) groups excluding carboxylic acids is 1. The second-order valence-corrected chi connectivity index (χ2v) is 9.78. The Hall–Kier alpha value is -2.02. The van der Waals surface area contributed by atoms with Crippen LogP contribution >= 0.6 is 39.7 Å². The van der Waals surface area contributed by atoms with Crippen LogP contribution in [0.15, 0.2) is 28.5 Å². The molecule has 8 nitrogen and oxygen atoms in total. The number of rotatable bonds is 6. The molecule has 0 aliphatic rings. The van der Waals surface area contributed by atoms with Crippen molar-refractivity contribution in [2.75, 3.05) is 24.0 Å². The fraction of sp³-hybridized carbons (Fsp3) is 0.235. The van der Waals surface area contributed by atoms with Gasteiger partial charge < -0.3 is 15.4 Å². The van der Waals surface area contributed by atoms with Crippen molar-refractivity contribution < 1.29 is 17.9 Å². The Labute approximate surface area is 187 Å². The Morgan fingerprint density at radius 1 is 1.21 bits per heavy atom. The monoisotopic (exact) mass is 518 g/mol. The van der Waals surface area contributed by atoms with Crippen LogP contribution in [0.3, 0.4) is 0 Å². The van der Waals surface area contributed by atoms with E-state index in [-0.39, 0.29) is 27.8 Å². The van der Waals surface area contributed by atoms with Crippen LogP contribution in [0.1, 0.15) is 12.6 Å². The van der Waals surface area contributed by atoms with Gasteiger partial charge in [-0.1, -0.05) is 11.3 Å². The van der Waals surface area contributed by atoms with Gasteiger partial charge in [-0.15, -0.1) is 28.3 Å². The zero-order chi connectivity index (χ0) is 20.5. The molecule has 12 heteroatoms. The number of amides is 1. The Bertz CT molecular complexity index is 1140. The molecule has 0 saturated carbocycles. The minimum absolute atomic E-state index is 0. The first kappa shape index (κ1) is 23.3. The van der Waals surface area contributed by atoms with Crippen LogP contribution in [0.5, 0.6) is 5.75 Å². The summed E-state index contributed by atoms with van der Waals surface area (Å²) >= 11 is 2.71. The standard InChI is InChI=1S/C17H18N4O4S3.BrH/c1-9-15(27-17(18-9)19-10(2)22)13-8-26-16(21-13)20-12-7-11(28(4,23)24)5-6-14(12)25-3;/h5-8H,1-4H3,(H,20,21)(H,18,19,22);1H. The molecule has 156 valence electrons. The SMILES string of the molecule is Br.COc1ccc(S(C)(=O)=O)cc1Nc1nc(-c2sc(NC(C)=O)nc2C)cs1. The number of aryl methyl sites for hydroxylation is 1.